The number of nitrogens with zero attached hydrogens (tertiary/aromatic N) is 1. The Kier molecular flexibility index (Phi) is 2.97. The highest BCUT2D eigenvalue weighted by molar-refractivity contribution is 5.96. The van der Waals surface area contributed by atoms with Crippen molar-refractivity contribution in [3.63, 3.8) is 0 Å². The van der Waals surface area contributed by atoms with E-state index in [0.717, 1.165) is 6.07 Å². The Labute approximate surface area is 118 Å². The lowest BCUT2D eigenvalue weighted by Gasteiger charge is -2.10. The van der Waals surface area contributed by atoms with E-state index in [-0.39, 0.29) is 11.3 Å². The summed E-state index contributed by atoms with van der Waals surface area (Å²) in [6, 6.07) is 7.46. The fraction of sp³-hybridized carbons (Fsp3) is 0.0625. The fourth-order valence-electron chi connectivity index (χ4n) is 2.39. The summed E-state index contributed by atoms with van der Waals surface area (Å²) in [5, 5.41) is 10.4. The first-order chi connectivity index (χ1) is 9.95. The molecule has 3 nitrogen and oxygen atoms in total. The molecule has 0 unspecified atom stereocenters. The number of phenolic OH excluding ortho intramolecular Hbond substituents is 1. The molecule has 0 fully saturated rings. The second-order valence-corrected chi connectivity index (χ2v) is 4.85. The number of rotatable bonds is 1. The Hall–Kier alpha value is -2.69. The van der Waals surface area contributed by atoms with Gasteiger partial charge in [-0.3, -0.25) is 4.79 Å². The van der Waals surface area contributed by atoms with Gasteiger partial charge in [0, 0.05) is 35.6 Å². The van der Waals surface area contributed by atoms with Crippen LogP contribution in [-0.4, -0.2) is 9.67 Å². The van der Waals surface area contributed by atoms with Crippen molar-refractivity contribution < 1.29 is 13.9 Å². The van der Waals surface area contributed by atoms with Gasteiger partial charge < -0.3 is 9.67 Å². The molecule has 1 aromatic heterocycles. The molecule has 0 atom stereocenters. The summed E-state index contributed by atoms with van der Waals surface area (Å²) in [6.07, 6.45) is 1.50. The van der Waals surface area contributed by atoms with E-state index in [4.69, 9.17) is 0 Å². The van der Waals surface area contributed by atoms with Gasteiger partial charge in [0.05, 0.1) is 0 Å². The van der Waals surface area contributed by atoms with E-state index in [9.17, 15) is 18.7 Å². The van der Waals surface area contributed by atoms with Crippen LogP contribution in [0.15, 0.2) is 47.4 Å². The average molecular weight is 287 g/mol. The Bertz CT molecular complexity index is 896. The molecule has 3 aromatic rings. The average Bonchev–Trinajstić information content (AvgIpc) is 2.41. The van der Waals surface area contributed by atoms with Gasteiger partial charge in [0.2, 0.25) is 0 Å². The molecule has 2 aromatic carbocycles. The maximum absolute atomic E-state index is 13.4. The minimum Gasteiger partial charge on any atom is -0.508 e. The number of aromatic nitrogens is 1. The zero-order valence-corrected chi connectivity index (χ0v) is 11.1. The first-order valence-corrected chi connectivity index (χ1v) is 6.24. The number of fused-ring (bicyclic) bond motifs is 1. The first-order valence-electron chi connectivity index (χ1n) is 6.24. The predicted octanol–water partition coefficient (Wildman–Crippen LogP) is 3.19. The predicted molar refractivity (Wildman–Crippen MR) is 76.2 cm³/mol. The Morgan fingerprint density at radius 2 is 1.67 bits per heavy atom. The monoisotopic (exact) mass is 287 g/mol. The molecule has 0 amide bonds. The minimum atomic E-state index is -0.702. The molecule has 5 heteroatoms. The molecule has 106 valence electrons. The van der Waals surface area contributed by atoms with Gasteiger partial charge in [-0.05, 0) is 35.9 Å². The van der Waals surface area contributed by atoms with Crippen LogP contribution < -0.4 is 5.56 Å². The number of benzene rings is 2. The highest BCUT2D eigenvalue weighted by Gasteiger charge is 2.11. The van der Waals surface area contributed by atoms with Crippen molar-refractivity contribution >= 4 is 10.8 Å². The molecule has 0 bridgehead atoms. The van der Waals surface area contributed by atoms with Crippen molar-refractivity contribution in [3.8, 4) is 16.9 Å². The van der Waals surface area contributed by atoms with E-state index >= 15 is 0 Å². The molecule has 0 aliphatic carbocycles. The molecule has 0 saturated heterocycles. The summed E-state index contributed by atoms with van der Waals surface area (Å²) < 4.78 is 28.2. The number of hydrogen-bond acceptors (Lipinski definition) is 2. The second kappa shape index (κ2) is 4.70. The maximum Gasteiger partial charge on any atom is 0.258 e. The SMILES string of the molecule is Cn1cc(-c2cc(F)cc(F)c2)c2cc(O)ccc2c1=O. The number of halogens is 2. The van der Waals surface area contributed by atoms with Crippen LogP contribution in [0, 0.1) is 11.6 Å². The molecule has 1 heterocycles. The van der Waals surface area contributed by atoms with Gasteiger partial charge in [-0.25, -0.2) is 8.78 Å². The summed E-state index contributed by atoms with van der Waals surface area (Å²) in [7, 11) is 1.56. The number of aromatic hydroxyl groups is 1. The Morgan fingerprint density at radius 1 is 1.00 bits per heavy atom. The van der Waals surface area contributed by atoms with Gasteiger partial charge in [-0.15, -0.1) is 0 Å². The van der Waals surface area contributed by atoms with Crippen molar-refractivity contribution in [1.29, 1.82) is 0 Å². The van der Waals surface area contributed by atoms with Crippen LogP contribution in [0.25, 0.3) is 21.9 Å². The second-order valence-electron chi connectivity index (χ2n) is 4.85. The Morgan fingerprint density at radius 3 is 2.33 bits per heavy atom. The summed E-state index contributed by atoms with van der Waals surface area (Å²) in [6.45, 7) is 0. The van der Waals surface area contributed by atoms with E-state index in [1.165, 1.54) is 41.1 Å². The molecular weight excluding hydrogens is 276 g/mol. The minimum absolute atomic E-state index is 0.0196. The van der Waals surface area contributed by atoms with Crippen LogP contribution in [0.2, 0.25) is 0 Å². The molecular formula is C16H11F2NO2. The highest BCUT2D eigenvalue weighted by atomic mass is 19.1. The van der Waals surface area contributed by atoms with Crippen molar-refractivity contribution in [1.82, 2.24) is 4.57 Å². The normalized spacial score (nSPS) is 11.0. The molecule has 0 radical (unpaired) electrons. The van der Waals surface area contributed by atoms with Gasteiger partial charge in [0.25, 0.3) is 5.56 Å². The summed E-state index contributed by atoms with van der Waals surface area (Å²) in [5.41, 5.74) is 0.533. The summed E-state index contributed by atoms with van der Waals surface area (Å²) in [4.78, 5) is 12.1. The fourth-order valence-corrected chi connectivity index (χ4v) is 2.39. The van der Waals surface area contributed by atoms with Crippen LogP contribution >= 0.6 is 0 Å². The first kappa shape index (κ1) is 13.3. The molecule has 0 spiro atoms. The third-order valence-electron chi connectivity index (χ3n) is 3.34. The lowest BCUT2D eigenvalue weighted by molar-refractivity contribution is 0.476. The zero-order valence-electron chi connectivity index (χ0n) is 11.1. The topological polar surface area (TPSA) is 42.2 Å². The third-order valence-corrected chi connectivity index (χ3v) is 3.34. The van der Waals surface area contributed by atoms with Gasteiger partial charge in [0.1, 0.15) is 17.4 Å². The van der Waals surface area contributed by atoms with Gasteiger partial charge in [-0.1, -0.05) is 0 Å². The number of aryl methyl sites for hydroxylation is 1. The van der Waals surface area contributed by atoms with Crippen LogP contribution in [-0.2, 0) is 7.05 Å². The van der Waals surface area contributed by atoms with Crippen LogP contribution in [0.4, 0.5) is 8.78 Å². The van der Waals surface area contributed by atoms with Gasteiger partial charge in [0.15, 0.2) is 0 Å². The van der Waals surface area contributed by atoms with Crippen LogP contribution in [0.5, 0.6) is 5.75 Å². The van der Waals surface area contributed by atoms with E-state index in [1.807, 2.05) is 0 Å². The van der Waals surface area contributed by atoms with E-state index in [2.05, 4.69) is 0 Å². The van der Waals surface area contributed by atoms with E-state index in [0.29, 0.717) is 21.9 Å². The number of phenols is 1. The summed E-state index contributed by atoms with van der Waals surface area (Å²) >= 11 is 0. The molecule has 0 saturated carbocycles. The number of hydrogen-bond donors (Lipinski definition) is 1. The molecule has 0 aliphatic rings. The smallest absolute Gasteiger partial charge is 0.258 e. The molecule has 0 aliphatic heterocycles. The van der Waals surface area contributed by atoms with Crippen molar-refractivity contribution in [3.05, 3.63) is 64.6 Å². The Balaban J connectivity index is 2.44. The van der Waals surface area contributed by atoms with Crippen molar-refractivity contribution in [2.45, 2.75) is 0 Å². The molecule has 1 N–H and O–H groups in total. The maximum atomic E-state index is 13.4. The third kappa shape index (κ3) is 2.27. The lowest BCUT2D eigenvalue weighted by Crippen LogP contribution is -2.16. The number of pyridine rings is 1. The van der Waals surface area contributed by atoms with E-state index < -0.39 is 11.6 Å². The van der Waals surface area contributed by atoms with Gasteiger partial charge >= 0.3 is 0 Å². The quantitative estimate of drug-likeness (QED) is 0.747. The lowest BCUT2D eigenvalue weighted by atomic mass is 10.00. The molecule has 3 rings (SSSR count). The van der Waals surface area contributed by atoms with Gasteiger partial charge in [-0.2, -0.15) is 0 Å². The zero-order chi connectivity index (χ0) is 15.1. The van der Waals surface area contributed by atoms with Crippen molar-refractivity contribution in [2.24, 2.45) is 7.05 Å². The highest BCUT2D eigenvalue weighted by Crippen LogP contribution is 2.30. The summed E-state index contributed by atoms with van der Waals surface area (Å²) in [5.74, 6) is -1.42. The van der Waals surface area contributed by atoms with E-state index in [1.54, 1.807) is 7.05 Å². The van der Waals surface area contributed by atoms with Crippen LogP contribution in [0.3, 0.4) is 0 Å². The van der Waals surface area contributed by atoms with Crippen LogP contribution in [0.1, 0.15) is 0 Å². The standard InChI is InChI=1S/C16H11F2NO2/c1-19-8-15(9-4-10(17)6-11(18)5-9)14-7-12(20)2-3-13(14)16(19)21/h2-8,20H,1H3. The molecule has 21 heavy (non-hydrogen) atoms. The van der Waals surface area contributed by atoms with Crippen molar-refractivity contribution in [2.75, 3.05) is 0 Å². The largest absolute Gasteiger partial charge is 0.508 e.